The molecule has 2 rings (SSSR count). The maximum absolute atomic E-state index is 12.8. The van der Waals surface area contributed by atoms with E-state index >= 15 is 0 Å². The minimum atomic E-state index is -1.05. The van der Waals surface area contributed by atoms with Gasteiger partial charge in [-0.2, -0.15) is 0 Å². The third-order valence-electron chi connectivity index (χ3n) is 2.55. The van der Waals surface area contributed by atoms with Gasteiger partial charge in [0.15, 0.2) is 0 Å². The second kappa shape index (κ2) is 5.31. The zero-order valence-electron chi connectivity index (χ0n) is 9.56. The first-order chi connectivity index (χ1) is 8.65. The molecule has 92 valence electrons. The summed E-state index contributed by atoms with van der Waals surface area (Å²) >= 11 is 0. The lowest BCUT2D eigenvalue weighted by Gasteiger charge is -2.05. The smallest absolute Gasteiger partial charge is 0.404 e. The maximum atomic E-state index is 12.8. The average molecular weight is 245 g/mol. The lowest BCUT2D eigenvalue weighted by atomic mass is 10.0. The summed E-state index contributed by atoms with van der Waals surface area (Å²) in [6.45, 7) is 0.254. The number of carbonyl (C=O) groups is 1. The van der Waals surface area contributed by atoms with E-state index in [9.17, 15) is 9.18 Å². The molecule has 2 N–H and O–H groups in total. The number of carboxylic acid groups (broad SMARTS) is 1. The van der Waals surface area contributed by atoms with E-state index in [1.54, 1.807) is 12.1 Å². The predicted octanol–water partition coefficient (Wildman–Crippen LogP) is 3.26. The van der Waals surface area contributed by atoms with Crippen molar-refractivity contribution < 1.29 is 14.3 Å². The third-order valence-corrected chi connectivity index (χ3v) is 2.55. The molecule has 0 atom stereocenters. The lowest BCUT2D eigenvalue weighted by molar-refractivity contribution is 0.194. The molecular weight excluding hydrogens is 233 g/mol. The number of hydrogen-bond acceptors (Lipinski definition) is 1. The molecule has 0 aliphatic heterocycles. The van der Waals surface area contributed by atoms with Crippen molar-refractivity contribution in [2.45, 2.75) is 6.54 Å². The minimum absolute atomic E-state index is 0.254. The van der Waals surface area contributed by atoms with E-state index in [-0.39, 0.29) is 12.4 Å². The van der Waals surface area contributed by atoms with Crippen LogP contribution in [0, 0.1) is 5.82 Å². The first-order valence-corrected chi connectivity index (χ1v) is 5.47. The van der Waals surface area contributed by atoms with Gasteiger partial charge in [-0.15, -0.1) is 0 Å². The topological polar surface area (TPSA) is 49.3 Å². The predicted molar refractivity (Wildman–Crippen MR) is 66.7 cm³/mol. The monoisotopic (exact) mass is 245 g/mol. The molecule has 0 bridgehead atoms. The van der Waals surface area contributed by atoms with Gasteiger partial charge in [-0.25, -0.2) is 9.18 Å². The summed E-state index contributed by atoms with van der Waals surface area (Å²) in [7, 11) is 0. The number of halogens is 1. The van der Waals surface area contributed by atoms with E-state index in [1.165, 1.54) is 12.1 Å². The molecule has 0 spiro atoms. The van der Waals surface area contributed by atoms with Crippen LogP contribution in [-0.2, 0) is 6.54 Å². The van der Waals surface area contributed by atoms with E-state index in [0.29, 0.717) is 0 Å². The molecule has 4 heteroatoms. The molecule has 0 radical (unpaired) electrons. The Morgan fingerprint density at radius 3 is 2.50 bits per heavy atom. The summed E-state index contributed by atoms with van der Waals surface area (Å²) < 4.78 is 12.8. The van der Waals surface area contributed by atoms with Crippen molar-refractivity contribution in [3.63, 3.8) is 0 Å². The van der Waals surface area contributed by atoms with Crippen LogP contribution in [0.4, 0.5) is 9.18 Å². The van der Waals surface area contributed by atoms with E-state index in [4.69, 9.17) is 5.11 Å². The standard InChI is InChI=1S/C14H12FNO2/c15-13-6-4-11(5-7-13)12-3-1-2-10(8-12)9-16-14(17)18/h1-8,16H,9H2,(H,17,18). The molecule has 18 heavy (non-hydrogen) atoms. The zero-order chi connectivity index (χ0) is 13.0. The number of amides is 1. The summed E-state index contributed by atoms with van der Waals surface area (Å²) in [5, 5.41) is 10.8. The normalized spacial score (nSPS) is 10.1. The van der Waals surface area contributed by atoms with Gasteiger partial charge < -0.3 is 10.4 Å². The Bertz CT molecular complexity index is 552. The van der Waals surface area contributed by atoms with Crippen molar-refractivity contribution in [2.75, 3.05) is 0 Å². The molecule has 0 saturated carbocycles. The van der Waals surface area contributed by atoms with Crippen LogP contribution in [0.5, 0.6) is 0 Å². The summed E-state index contributed by atoms with van der Waals surface area (Å²) in [6, 6.07) is 13.6. The first kappa shape index (κ1) is 12.1. The van der Waals surface area contributed by atoms with Crippen molar-refractivity contribution in [2.24, 2.45) is 0 Å². The van der Waals surface area contributed by atoms with Crippen molar-refractivity contribution in [1.29, 1.82) is 0 Å². The lowest BCUT2D eigenvalue weighted by Crippen LogP contribution is -2.19. The van der Waals surface area contributed by atoms with Gasteiger partial charge in [-0.3, -0.25) is 0 Å². The maximum Gasteiger partial charge on any atom is 0.404 e. The summed E-state index contributed by atoms with van der Waals surface area (Å²) in [5.41, 5.74) is 2.69. The second-order valence-corrected chi connectivity index (χ2v) is 3.87. The Morgan fingerprint density at radius 2 is 1.83 bits per heavy atom. The van der Waals surface area contributed by atoms with Gasteiger partial charge in [0.25, 0.3) is 0 Å². The molecule has 0 aromatic heterocycles. The molecule has 3 nitrogen and oxygen atoms in total. The van der Waals surface area contributed by atoms with Crippen molar-refractivity contribution in [3.05, 3.63) is 59.9 Å². The number of hydrogen-bond donors (Lipinski definition) is 2. The minimum Gasteiger partial charge on any atom is -0.465 e. The molecular formula is C14H12FNO2. The van der Waals surface area contributed by atoms with Gasteiger partial charge in [-0.1, -0.05) is 30.3 Å². The van der Waals surface area contributed by atoms with Crippen LogP contribution >= 0.6 is 0 Å². The van der Waals surface area contributed by atoms with Crippen molar-refractivity contribution in [1.82, 2.24) is 5.32 Å². The molecule has 0 aliphatic carbocycles. The highest BCUT2D eigenvalue weighted by Gasteiger charge is 2.01. The van der Waals surface area contributed by atoms with Gasteiger partial charge in [0.1, 0.15) is 5.82 Å². The van der Waals surface area contributed by atoms with E-state index in [1.807, 2.05) is 24.3 Å². The fraction of sp³-hybridized carbons (Fsp3) is 0.0714. The van der Waals surface area contributed by atoms with Crippen LogP contribution in [0.15, 0.2) is 48.5 Å². The summed E-state index contributed by atoms with van der Waals surface area (Å²) in [4.78, 5) is 10.4. The Hall–Kier alpha value is -2.36. The van der Waals surface area contributed by atoms with Crippen LogP contribution in [0.2, 0.25) is 0 Å². The number of rotatable bonds is 3. The number of benzene rings is 2. The van der Waals surface area contributed by atoms with Crippen molar-refractivity contribution >= 4 is 6.09 Å². The van der Waals surface area contributed by atoms with Crippen LogP contribution in [0.25, 0.3) is 11.1 Å². The average Bonchev–Trinajstić information content (AvgIpc) is 2.37. The molecule has 0 aliphatic rings. The molecule has 0 heterocycles. The first-order valence-electron chi connectivity index (χ1n) is 5.47. The molecule has 0 unspecified atom stereocenters. The molecule has 2 aromatic carbocycles. The summed E-state index contributed by atoms with van der Waals surface area (Å²) in [6.07, 6.45) is -1.05. The molecule has 1 amide bonds. The zero-order valence-corrected chi connectivity index (χ0v) is 9.56. The van der Waals surface area contributed by atoms with E-state index in [2.05, 4.69) is 5.32 Å². The van der Waals surface area contributed by atoms with Gasteiger partial charge in [0.05, 0.1) is 0 Å². The summed E-state index contributed by atoms with van der Waals surface area (Å²) in [5.74, 6) is -0.276. The highest BCUT2D eigenvalue weighted by molar-refractivity contribution is 5.66. The fourth-order valence-electron chi connectivity index (χ4n) is 1.68. The third kappa shape index (κ3) is 3.07. The Morgan fingerprint density at radius 1 is 1.11 bits per heavy atom. The Balaban J connectivity index is 2.21. The van der Waals surface area contributed by atoms with Crippen LogP contribution in [-0.4, -0.2) is 11.2 Å². The van der Waals surface area contributed by atoms with Crippen LogP contribution in [0.3, 0.4) is 0 Å². The molecule has 0 saturated heterocycles. The largest absolute Gasteiger partial charge is 0.465 e. The highest BCUT2D eigenvalue weighted by Crippen LogP contribution is 2.20. The highest BCUT2D eigenvalue weighted by atomic mass is 19.1. The Kier molecular flexibility index (Phi) is 3.57. The van der Waals surface area contributed by atoms with Crippen molar-refractivity contribution in [3.8, 4) is 11.1 Å². The van der Waals surface area contributed by atoms with Gasteiger partial charge in [0, 0.05) is 6.54 Å². The quantitative estimate of drug-likeness (QED) is 0.872. The van der Waals surface area contributed by atoms with Crippen LogP contribution < -0.4 is 5.32 Å². The van der Waals surface area contributed by atoms with E-state index in [0.717, 1.165) is 16.7 Å². The molecule has 2 aromatic rings. The van der Waals surface area contributed by atoms with E-state index < -0.39 is 6.09 Å². The van der Waals surface area contributed by atoms with Gasteiger partial charge in [0.2, 0.25) is 0 Å². The van der Waals surface area contributed by atoms with Gasteiger partial charge >= 0.3 is 6.09 Å². The Labute approximate surface area is 104 Å². The SMILES string of the molecule is O=C(O)NCc1cccc(-c2ccc(F)cc2)c1. The molecule has 0 fully saturated rings. The van der Waals surface area contributed by atoms with Gasteiger partial charge in [-0.05, 0) is 34.9 Å². The van der Waals surface area contributed by atoms with Crippen LogP contribution in [0.1, 0.15) is 5.56 Å². The second-order valence-electron chi connectivity index (χ2n) is 3.87. The fourth-order valence-corrected chi connectivity index (χ4v) is 1.68. The number of nitrogens with one attached hydrogen (secondary N) is 1.